The van der Waals surface area contributed by atoms with Gasteiger partial charge in [-0.05, 0) is 118 Å². The molecule has 0 aliphatic carbocycles. The number of hydrogen-bond donors (Lipinski definition) is 0. The third-order valence-corrected chi connectivity index (χ3v) is 11.9. The summed E-state index contributed by atoms with van der Waals surface area (Å²) in [6, 6.07) is 60.3. The minimum Gasteiger partial charge on any atom is -0.458 e. The van der Waals surface area contributed by atoms with Gasteiger partial charge in [0.25, 0.3) is 6.33 Å². The molecule has 0 aliphatic rings. The second kappa shape index (κ2) is 15.7. The van der Waals surface area contributed by atoms with Gasteiger partial charge in [-0.2, -0.15) is 0 Å². The highest BCUT2D eigenvalue weighted by atomic mass is 16.5. The summed E-state index contributed by atoms with van der Waals surface area (Å²) in [4.78, 5) is 4.93. The molecule has 0 unspecified atom stereocenters. The Hall–Kier alpha value is -7.24. The Bertz CT molecular complexity index is 3200. The fourth-order valence-electron chi connectivity index (χ4n) is 8.94. The van der Waals surface area contributed by atoms with E-state index in [1.54, 1.807) is 0 Å². The molecule has 10 rings (SSSR count). The van der Waals surface area contributed by atoms with Crippen molar-refractivity contribution in [1.29, 1.82) is 0 Å². The number of nitrogens with zero attached hydrogens (tertiary/aromatic N) is 4. The van der Waals surface area contributed by atoms with Crippen molar-refractivity contribution in [1.82, 2.24) is 14.1 Å². The molecular formula is C57H50N4O. The lowest BCUT2D eigenvalue weighted by Gasteiger charge is -2.19. The van der Waals surface area contributed by atoms with Crippen LogP contribution in [-0.4, -0.2) is 14.1 Å². The molecule has 0 amide bonds. The number of imidazole rings is 1. The van der Waals surface area contributed by atoms with E-state index in [1.807, 2.05) is 12.3 Å². The second-order valence-corrected chi connectivity index (χ2v) is 17.9. The number of aryl methyl sites for hydroxylation is 1. The monoisotopic (exact) mass is 806 g/mol. The summed E-state index contributed by atoms with van der Waals surface area (Å²) in [6.07, 6.45) is 6.77. The van der Waals surface area contributed by atoms with Gasteiger partial charge in [0.05, 0.1) is 33.4 Å². The quantitative estimate of drug-likeness (QED) is 0.108. The lowest BCUT2D eigenvalue weighted by atomic mass is 9.86. The number of hydrogen-bond acceptors (Lipinski definition) is 2. The number of ether oxygens (including phenoxy) is 1. The van der Waals surface area contributed by atoms with Crippen LogP contribution in [0.4, 0.5) is 0 Å². The van der Waals surface area contributed by atoms with Crippen molar-refractivity contribution in [2.75, 3.05) is 0 Å². The average Bonchev–Trinajstić information content (AvgIpc) is 3.83. The summed E-state index contributed by atoms with van der Waals surface area (Å²) < 4.78 is 13.5. The van der Waals surface area contributed by atoms with Crippen LogP contribution in [0.25, 0.3) is 72.3 Å². The van der Waals surface area contributed by atoms with Crippen LogP contribution in [0.5, 0.6) is 11.5 Å². The molecule has 10 aromatic rings. The largest absolute Gasteiger partial charge is 0.458 e. The summed E-state index contributed by atoms with van der Waals surface area (Å²) >= 11 is 0. The predicted octanol–water partition coefficient (Wildman–Crippen LogP) is 14.1. The van der Waals surface area contributed by atoms with E-state index in [-0.39, 0.29) is 5.41 Å². The van der Waals surface area contributed by atoms with Crippen LogP contribution >= 0.6 is 0 Å². The fourth-order valence-corrected chi connectivity index (χ4v) is 8.94. The number of para-hydroxylation sites is 2. The van der Waals surface area contributed by atoms with Crippen LogP contribution in [0, 0.1) is 19.2 Å². The number of rotatable bonds is 9. The first-order chi connectivity index (χ1) is 30.1. The molecule has 62 heavy (non-hydrogen) atoms. The van der Waals surface area contributed by atoms with Crippen LogP contribution in [0.1, 0.15) is 51.3 Å². The number of aromatic nitrogens is 4. The zero-order valence-corrected chi connectivity index (χ0v) is 36.2. The summed E-state index contributed by atoms with van der Waals surface area (Å²) in [5.74, 6) is 2.95. The van der Waals surface area contributed by atoms with Crippen molar-refractivity contribution < 1.29 is 9.30 Å². The topological polar surface area (TPSA) is 35.9 Å². The van der Waals surface area contributed by atoms with Gasteiger partial charge >= 0.3 is 0 Å². The molecule has 0 N–H and O–H groups in total. The maximum Gasteiger partial charge on any atom is 0.269 e. The van der Waals surface area contributed by atoms with Crippen molar-refractivity contribution in [3.8, 4) is 50.9 Å². The molecule has 5 heteroatoms. The molecule has 7 aromatic carbocycles. The summed E-state index contributed by atoms with van der Waals surface area (Å²) in [5, 5.41) is 2.38. The predicted molar refractivity (Wildman–Crippen MR) is 255 cm³/mol. The van der Waals surface area contributed by atoms with E-state index in [4.69, 9.17) is 9.72 Å². The molecule has 304 valence electrons. The van der Waals surface area contributed by atoms with Gasteiger partial charge in [-0.1, -0.05) is 144 Å². The molecule has 0 fully saturated rings. The van der Waals surface area contributed by atoms with Crippen LogP contribution in [-0.2, 0) is 11.8 Å². The van der Waals surface area contributed by atoms with Gasteiger partial charge in [0.15, 0.2) is 0 Å². The van der Waals surface area contributed by atoms with Crippen molar-refractivity contribution in [2.24, 2.45) is 5.92 Å². The molecule has 0 radical (unpaired) electrons. The highest BCUT2D eigenvalue weighted by Crippen LogP contribution is 2.39. The van der Waals surface area contributed by atoms with Gasteiger partial charge in [-0.3, -0.25) is 13.7 Å². The molecule has 5 nitrogen and oxygen atoms in total. The van der Waals surface area contributed by atoms with Gasteiger partial charge in [-0.25, -0.2) is 4.98 Å². The number of pyridine rings is 1. The van der Waals surface area contributed by atoms with Crippen LogP contribution < -0.4 is 9.30 Å². The summed E-state index contributed by atoms with van der Waals surface area (Å²) in [7, 11) is 0. The van der Waals surface area contributed by atoms with Gasteiger partial charge in [0, 0.05) is 23.0 Å². The van der Waals surface area contributed by atoms with E-state index in [0.717, 1.165) is 85.0 Å². The Kier molecular flexibility index (Phi) is 9.83. The highest BCUT2D eigenvalue weighted by Gasteiger charge is 2.22. The highest BCUT2D eigenvalue weighted by molar-refractivity contribution is 6.09. The third kappa shape index (κ3) is 7.13. The molecule has 0 spiro atoms. The van der Waals surface area contributed by atoms with Gasteiger partial charge in [-0.15, -0.1) is 0 Å². The van der Waals surface area contributed by atoms with Crippen LogP contribution in [0.2, 0.25) is 0 Å². The minimum atomic E-state index is 0.0159. The smallest absolute Gasteiger partial charge is 0.269 e. The summed E-state index contributed by atoms with van der Waals surface area (Å²) in [5.41, 5.74) is 14.7. The first kappa shape index (κ1) is 38.9. The Morgan fingerprint density at radius 3 is 2.03 bits per heavy atom. The maximum absolute atomic E-state index is 6.80. The molecule has 0 aliphatic heterocycles. The van der Waals surface area contributed by atoms with E-state index in [0.29, 0.717) is 5.92 Å². The van der Waals surface area contributed by atoms with Crippen molar-refractivity contribution >= 4 is 32.8 Å². The maximum atomic E-state index is 6.80. The first-order valence-corrected chi connectivity index (χ1v) is 21.6. The van der Waals surface area contributed by atoms with E-state index in [1.165, 1.54) is 21.9 Å². The van der Waals surface area contributed by atoms with Crippen molar-refractivity contribution in [2.45, 2.75) is 53.4 Å². The van der Waals surface area contributed by atoms with Gasteiger partial charge in [0.2, 0.25) is 0 Å². The molecule has 0 bridgehead atoms. The lowest BCUT2D eigenvalue weighted by Crippen LogP contribution is -2.32. The standard InChI is InChI=1S/C57H50N4O/c1-38(2)32-40-30-31-58-54(33-40)61-51-29-26-43(57(4,5)6)34-50(51)49-28-27-46(36-53(49)61)62-45-22-14-21-44(35-45)59-37-60(55-39(3)16-13-25-52(55)59)56-47(41-17-9-7-10-18-41)23-15-24-48(56)42-19-11-8-12-20-42/h7-31,33-36,38H,32H2,1-6H3. The van der Waals surface area contributed by atoms with Crippen LogP contribution in [0.3, 0.4) is 0 Å². The van der Waals surface area contributed by atoms with Gasteiger partial charge in [0.1, 0.15) is 17.3 Å². The molecule has 0 saturated carbocycles. The van der Waals surface area contributed by atoms with Crippen molar-refractivity contribution in [3.63, 3.8) is 0 Å². The molecule has 0 saturated heterocycles. The van der Waals surface area contributed by atoms with E-state index >= 15 is 0 Å². The van der Waals surface area contributed by atoms with Crippen LogP contribution in [0.15, 0.2) is 176 Å². The molecular weight excluding hydrogens is 757 g/mol. The minimum absolute atomic E-state index is 0.0159. The lowest BCUT2D eigenvalue weighted by molar-refractivity contribution is -0.571. The van der Waals surface area contributed by atoms with E-state index in [9.17, 15) is 0 Å². The summed E-state index contributed by atoms with van der Waals surface area (Å²) in [6.45, 7) is 13.5. The Labute approximate surface area is 364 Å². The van der Waals surface area contributed by atoms with E-state index < -0.39 is 0 Å². The number of fused-ring (bicyclic) bond motifs is 4. The van der Waals surface area contributed by atoms with E-state index in [2.05, 4.69) is 225 Å². The Morgan fingerprint density at radius 1 is 0.629 bits per heavy atom. The second-order valence-electron chi connectivity index (χ2n) is 17.9. The fraction of sp³-hybridized carbons (Fsp3) is 0.158. The van der Waals surface area contributed by atoms with Gasteiger partial charge < -0.3 is 4.74 Å². The molecule has 3 aromatic heterocycles. The Balaban J connectivity index is 1.10. The third-order valence-electron chi connectivity index (χ3n) is 11.9. The SMILES string of the molecule is Cc1cccc2c1[n+](-c1c(-c3ccccc3)cccc1-c1ccccc1)[c-]n2-c1cccc(Oc2ccc3c4cc(C(C)(C)C)ccc4n(-c4cc(CC(C)C)ccn4)c3c2)c1. The molecule has 0 atom stereocenters. The first-order valence-electron chi connectivity index (χ1n) is 21.6. The zero-order chi connectivity index (χ0) is 42.5. The molecule has 3 heterocycles. The Morgan fingerprint density at radius 2 is 1.32 bits per heavy atom. The normalized spacial score (nSPS) is 11.9. The zero-order valence-electron chi connectivity index (χ0n) is 36.2. The number of benzene rings is 7. The van der Waals surface area contributed by atoms with Crippen molar-refractivity contribution in [3.05, 3.63) is 199 Å². The average molecular weight is 807 g/mol.